The summed E-state index contributed by atoms with van der Waals surface area (Å²) >= 11 is 0. The lowest BCUT2D eigenvalue weighted by molar-refractivity contribution is -0.146. The minimum atomic E-state index is -4.60. The molecule has 0 unspecified atom stereocenters. The topological polar surface area (TPSA) is 66.5 Å². The molecule has 108 valence electrons. The SMILES string of the molecule is O[C@H]1CCCN(c2ccc3nnc(C(F)(F)F)n3n2)C1. The maximum atomic E-state index is 12.8. The second kappa shape index (κ2) is 4.58. The van der Waals surface area contributed by atoms with Crippen molar-refractivity contribution in [1.82, 2.24) is 19.8 Å². The highest BCUT2D eigenvalue weighted by Crippen LogP contribution is 2.28. The molecule has 0 amide bonds. The van der Waals surface area contributed by atoms with Crippen LogP contribution in [-0.4, -0.2) is 44.1 Å². The van der Waals surface area contributed by atoms with E-state index in [0.29, 0.717) is 29.8 Å². The van der Waals surface area contributed by atoms with Crippen molar-refractivity contribution in [3.05, 3.63) is 18.0 Å². The Labute approximate surface area is 111 Å². The van der Waals surface area contributed by atoms with E-state index in [2.05, 4.69) is 15.3 Å². The maximum Gasteiger partial charge on any atom is 0.453 e. The van der Waals surface area contributed by atoms with Crippen LogP contribution in [0.4, 0.5) is 19.0 Å². The van der Waals surface area contributed by atoms with Gasteiger partial charge in [0.1, 0.15) is 5.82 Å². The number of rotatable bonds is 1. The monoisotopic (exact) mass is 287 g/mol. The predicted molar refractivity (Wildman–Crippen MR) is 63.2 cm³/mol. The van der Waals surface area contributed by atoms with Crippen molar-refractivity contribution < 1.29 is 18.3 Å². The van der Waals surface area contributed by atoms with Gasteiger partial charge in [-0.05, 0) is 25.0 Å². The molecular formula is C11H12F3N5O. The van der Waals surface area contributed by atoms with Gasteiger partial charge in [-0.25, -0.2) is 0 Å². The van der Waals surface area contributed by atoms with Gasteiger partial charge in [0.2, 0.25) is 0 Å². The molecule has 2 aromatic heterocycles. The lowest BCUT2D eigenvalue weighted by Crippen LogP contribution is -2.39. The summed E-state index contributed by atoms with van der Waals surface area (Å²) in [5.74, 6) is -0.770. The van der Waals surface area contributed by atoms with Crippen LogP contribution >= 0.6 is 0 Å². The Kier molecular flexibility index (Phi) is 3.00. The Balaban J connectivity index is 2.01. The van der Waals surface area contributed by atoms with E-state index in [4.69, 9.17) is 0 Å². The summed E-state index contributed by atoms with van der Waals surface area (Å²) < 4.78 is 39.0. The molecule has 0 aromatic carbocycles. The fourth-order valence-electron chi connectivity index (χ4n) is 2.29. The van der Waals surface area contributed by atoms with E-state index in [1.165, 1.54) is 6.07 Å². The van der Waals surface area contributed by atoms with Gasteiger partial charge in [-0.1, -0.05) is 0 Å². The van der Waals surface area contributed by atoms with Gasteiger partial charge in [-0.2, -0.15) is 17.7 Å². The van der Waals surface area contributed by atoms with Gasteiger partial charge in [-0.15, -0.1) is 15.3 Å². The molecule has 0 spiro atoms. The Morgan fingerprint density at radius 3 is 2.75 bits per heavy atom. The smallest absolute Gasteiger partial charge is 0.391 e. The van der Waals surface area contributed by atoms with Gasteiger partial charge in [0.05, 0.1) is 6.10 Å². The summed E-state index contributed by atoms with van der Waals surface area (Å²) in [4.78, 5) is 1.76. The number of hydrogen-bond donors (Lipinski definition) is 1. The van der Waals surface area contributed by atoms with Crippen molar-refractivity contribution in [2.45, 2.75) is 25.1 Å². The summed E-state index contributed by atoms with van der Waals surface area (Å²) in [5, 5.41) is 20.1. The average Bonchev–Trinajstić information content (AvgIpc) is 2.81. The molecule has 1 atom stereocenters. The summed E-state index contributed by atoms with van der Waals surface area (Å²) in [6.07, 6.45) is -3.62. The van der Waals surface area contributed by atoms with Gasteiger partial charge < -0.3 is 10.0 Å². The molecule has 0 bridgehead atoms. The highest BCUT2D eigenvalue weighted by atomic mass is 19.4. The zero-order valence-corrected chi connectivity index (χ0v) is 10.4. The number of alkyl halides is 3. The van der Waals surface area contributed by atoms with Crippen LogP contribution in [0.1, 0.15) is 18.7 Å². The van der Waals surface area contributed by atoms with Crippen LogP contribution < -0.4 is 4.90 Å². The van der Waals surface area contributed by atoms with Crippen molar-refractivity contribution in [2.75, 3.05) is 18.0 Å². The first kappa shape index (κ1) is 13.1. The molecule has 1 aliphatic rings. The Morgan fingerprint density at radius 1 is 1.25 bits per heavy atom. The van der Waals surface area contributed by atoms with Gasteiger partial charge in [0.25, 0.3) is 5.82 Å². The molecule has 1 aliphatic heterocycles. The second-order valence-electron chi connectivity index (χ2n) is 4.72. The van der Waals surface area contributed by atoms with Crippen molar-refractivity contribution in [3.63, 3.8) is 0 Å². The molecule has 0 saturated carbocycles. The molecule has 0 radical (unpaired) electrons. The number of fused-ring (bicyclic) bond motifs is 1. The molecule has 2 aromatic rings. The zero-order valence-electron chi connectivity index (χ0n) is 10.4. The molecular weight excluding hydrogens is 275 g/mol. The van der Waals surface area contributed by atoms with E-state index in [1.54, 1.807) is 11.0 Å². The third-order valence-corrected chi connectivity index (χ3v) is 3.22. The van der Waals surface area contributed by atoms with Crippen molar-refractivity contribution in [2.24, 2.45) is 0 Å². The lowest BCUT2D eigenvalue weighted by Gasteiger charge is -2.30. The van der Waals surface area contributed by atoms with E-state index < -0.39 is 18.1 Å². The average molecular weight is 287 g/mol. The molecule has 0 aliphatic carbocycles. The molecule has 3 heterocycles. The molecule has 1 N–H and O–H groups in total. The minimum Gasteiger partial charge on any atom is -0.391 e. The highest BCUT2D eigenvalue weighted by molar-refractivity contribution is 5.46. The largest absolute Gasteiger partial charge is 0.453 e. The van der Waals surface area contributed by atoms with Crippen LogP contribution in [0.3, 0.4) is 0 Å². The van der Waals surface area contributed by atoms with Crippen LogP contribution in [0.15, 0.2) is 12.1 Å². The van der Waals surface area contributed by atoms with Crippen LogP contribution in [0.2, 0.25) is 0 Å². The van der Waals surface area contributed by atoms with Crippen LogP contribution in [0.5, 0.6) is 0 Å². The van der Waals surface area contributed by atoms with Gasteiger partial charge >= 0.3 is 6.18 Å². The van der Waals surface area contributed by atoms with Crippen LogP contribution in [0.25, 0.3) is 5.65 Å². The van der Waals surface area contributed by atoms with Crippen molar-refractivity contribution >= 4 is 11.5 Å². The third-order valence-electron chi connectivity index (χ3n) is 3.22. The zero-order chi connectivity index (χ0) is 14.3. The van der Waals surface area contributed by atoms with Crippen LogP contribution in [-0.2, 0) is 6.18 Å². The Hall–Kier alpha value is -1.90. The van der Waals surface area contributed by atoms with Crippen molar-refractivity contribution in [1.29, 1.82) is 0 Å². The van der Waals surface area contributed by atoms with E-state index in [9.17, 15) is 18.3 Å². The number of hydrogen-bond acceptors (Lipinski definition) is 5. The number of halogens is 3. The molecule has 1 saturated heterocycles. The van der Waals surface area contributed by atoms with Gasteiger partial charge in [-0.3, -0.25) is 0 Å². The number of aliphatic hydroxyl groups is 1. The second-order valence-corrected chi connectivity index (χ2v) is 4.72. The molecule has 1 fully saturated rings. The first-order valence-electron chi connectivity index (χ1n) is 6.18. The highest BCUT2D eigenvalue weighted by Gasteiger charge is 2.37. The standard InChI is InChI=1S/C11H12F3N5O/c12-11(13,14)10-16-15-8-3-4-9(17-19(8)10)18-5-1-2-7(20)6-18/h3-4,7,20H,1-2,5-6H2/t7-/m0/s1. The summed E-state index contributed by atoms with van der Waals surface area (Å²) in [5.41, 5.74) is 0.0404. The fraction of sp³-hybridized carbons (Fsp3) is 0.545. The Bertz CT molecular complexity index is 626. The summed E-state index contributed by atoms with van der Waals surface area (Å²) in [7, 11) is 0. The van der Waals surface area contributed by atoms with E-state index in [1.807, 2.05) is 0 Å². The van der Waals surface area contributed by atoms with Gasteiger partial charge in [0, 0.05) is 13.1 Å². The Morgan fingerprint density at radius 2 is 2.05 bits per heavy atom. The van der Waals surface area contributed by atoms with E-state index in [-0.39, 0.29) is 5.65 Å². The van der Waals surface area contributed by atoms with Gasteiger partial charge in [0.15, 0.2) is 5.65 Å². The number of nitrogens with zero attached hydrogens (tertiary/aromatic N) is 5. The first-order chi connectivity index (χ1) is 9.45. The quantitative estimate of drug-likeness (QED) is 0.851. The number of aliphatic hydroxyl groups excluding tert-OH is 1. The molecule has 9 heteroatoms. The van der Waals surface area contributed by atoms with Crippen LogP contribution in [0, 0.1) is 0 Å². The van der Waals surface area contributed by atoms with E-state index >= 15 is 0 Å². The number of piperidine rings is 1. The molecule has 6 nitrogen and oxygen atoms in total. The number of aromatic nitrogens is 4. The lowest BCUT2D eigenvalue weighted by atomic mass is 10.1. The normalized spacial score (nSPS) is 20.6. The van der Waals surface area contributed by atoms with Crippen molar-refractivity contribution in [3.8, 4) is 0 Å². The first-order valence-corrected chi connectivity index (χ1v) is 6.18. The maximum absolute atomic E-state index is 12.8. The summed E-state index contributed by atoms with van der Waals surface area (Å²) in [6, 6.07) is 3.02. The predicted octanol–water partition coefficient (Wildman–Crippen LogP) is 1.10. The molecule has 3 rings (SSSR count). The minimum absolute atomic E-state index is 0.0404. The summed E-state index contributed by atoms with van der Waals surface area (Å²) in [6.45, 7) is 1.01. The third kappa shape index (κ3) is 2.28. The number of β-amino-alcohol motifs (C(OH)–C–C–N with tert-alkyl or cyclic N) is 1. The fourth-order valence-corrected chi connectivity index (χ4v) is 2.29. The number of anilines is 1. The molecule has 20 heavy (non-hydrogen) atoms. The van der Waals surface area contributed by atoms with E-state index in [0.717, 1.165) is 6.42 Å².